The van der Waals surface area contributed by atoms with Gasteiger partial charge in [0.2, 0.25) is 5.91 Å². The Kier molecular flexibility index (Phi) is 6.72. The van der Waals surface area contributed by atoms with E-state index in [1.165, 1.54) is 7.11 Å². The number of esters is 2. The molecule has 2 aromatic rings. The molecule has 2 rings (SSSR count). The number of nitrogens with one attached hydrogen (secondary N) is 2. The minimum Gasteiger partial charge on any atom is -0.467 e. The van der Waals surface area contributed by atoms with Gasteiger partial charge in [0, 0.05) is 23.5 Å². The highest BCUT2D eigenvalue weighted by atomic mass is 16.6. The average molecular weight is 402 g/mol. The lowest BCUT2D eigenvalue weighted by atomic mass is 9.87. The number of carbonyl (C=O) groups excluding carboxylic acids is 3. The first-order valence-electron chi connectivity index (χ1n) is 9.58. The van der Waals surface area contributed by atoms with E-state index in [2.05, 4.69) is 10.3 Å². The third-order valence-electron chi connectivity index (χ3n) is 4.51. The Balaban J connectivity index is 2.13. The number of hydrogen-bond donors (Lipinski definition) is 2. The number of fused-ring (bicyclic) bond motifs is 1. The van der Waals surface area contributed by atoms with Crippen LogP contribution in [0.25, 0.3) is 10.9 Å². The van der Waals surface area contributed by atoms with Gasteiger partial charge in [0.25, 0.3) is 0 Å². The van der Waals surface area contributed by atoms with E-state index in [0.717, 1.165) is 16.5 Å². The summed E-state index contributed by atoms with van der Waals surface area (Å²) in [6.45, 7) is 8.60. The topological polar surface area (TPSA) is 97.5 Å². The Morgan fingerprint density at radius 2 is 1.76 bits per heavy atom. The van der Waals surface area contributed by atoms with Crippen molar-refractivity contribution in [3.8, 4) is 0 Å². The van der Waals surface area contributed by atoms with Crippen molar-refractivity contribution in [1.29, 1.82) is 0 Å². The zero-order chi connectivity index (χ0) is 21.8. The fraction of sp³-hybridized carbons (Fsp3) is 0.500. The molecule has 0 unspecified atom stereocenters. The van der Waals surface area contributed by atoms with Crippen molar-refractivity contribution in [2.24, 2.45) is 5.41 Å². The summed E-state index contributed by atoms with van der Waals surface area (Å²) in [7, 11) is 1.28. The van der Waals surface area contributed by atoms with Crippen LogP contribution in [0.3, 0.4) is 0 Å². The van der Waals surface area contributed by atoms with Gasteiger partial charge in [-0.2, -0.15) is 0 Å². The van der Waals surface area contributed by atoms with Crippen LogP contribution in [0, 0.1) is 5.41 Å². The molecule has 0 aliphatic rings. The van der Waals surface area contributed by atoms with E-state index in [4.69, 9.17) is 9.47 Å². The first-order valence-corrected chi connectivity index (χ1v) is 9.58. The molecule has 2 N–H and O–H groups in total. The van der Waals surface area contributed by atoms with Crippen molar-refractivity contribution in [1.82, 2.24) is 10.3 Å². The molecule has 7 nitrogen and oxygen atoms in total. The van der Waals surface area contributed by atoms with Gasteiger partial charge >= 0.3 is 11.9 Å². The monoisotopic (exact) mass is 402 g/mol. The normalized spacial score (nSPS) is 13.0. The minimum atomic E-state index is -1.05. The van der Waals surface area contributed by atoms with Crippen LogP contribution in [0.5, 0.6) is 0 Å². The van der Waals surface area contributed by atoms with Gasteiger partial charge in [-0.1, -0.05) is 32.0 Å². The molecule has 0 aliphatic heterocycles. The second kappa shape index (κ2) is 8.68. The molecule has 158 valence electrons. The lowest BCUT2D eigenvalue weighted by Crippen LogP contribution is -2.48. The summed E-state index contributed by atoms with van der Waals surface area (Å²) in [6.07, 6.45) is 1.99. The predicted octanol–water partition coefficient (Wildman–Crippen LogP) is 3.13. The average Bonchev–Trinajstić information content (AvgIpc) is 3.01. The Bertz CT molecular complexity index is 892. The van der Waals surface area contributed by atoms with Gasteiger partial charge < -0.3 is 19.8 Å². The number of aromatic amines is 1. The van der Waals surface area contributed by atoms with Gasteiger partial charge in [0.15, 0.2) is 0 Å². The first kappa shape index (κ1) is 22.5. The summed E-state index contributed by atoms with van der Waals surface area (Å²) in [5, 5.41) is 3.72. The first-order chi connectivity index (χ1) is 13.4. The van der Waals surface area contributed by atoms with Crippen LogP contribution < -0.4 is 5.32 Å². The van der Waals surface area contributed by atoms with E-state index in [1.807, 2.05) is 30.5 Å². The molecule has 1 amide bonds. The molecule has 1 heterocycles. The van der Waals surface area contributed by atoms with Gasteiger partial charge in [-0.25, -0.2) is 4.79 Å². The molecule has 0 saturated heterocycles. The van der Waals surface area contributed by atoms with E-state index < -0.39 is 34.9 Å². The number of para-hydroxylation sites is 1. The van der Waals surface area contributed by atoms with Gasteiger partial charge in [-0.05, 0) is 32.4 Å². The molecular weight excluding hydrogens is 372 g/mol. The molecule has 1 atom stereocenters. The van der Waals surface area contributed by atoms with Gasteiger partial charge in [0.1, 0.15) is 11.6 Å². The van der Waals surface area contributed by atoms with E-state index in [9.17, 15) is 14.4 Å². The van der Waals surface area contributed by atoms with Gasteiger partial charge in [0.05, 0.1) is 18.9 Å². The van der Waals surface area contributed by atoms with Crippen LogP contribution in [0.2, 0.25) is 0 Å². The largest absolute Gasteiger partial charge is 0.467 e. The summed E-state index contributed by atoms with van der Waals surface area (Å²) in [5.74, 6) is -1.43. The van der Waals surface area contributed by atoms with Crippen LogP contribution in [0.1, 0.15) is 46.6 Å². The van der Waals surface area contributed by atoms with E-state index in [-0.39, 0.29) is 12.8 Å². The third-order valence-corrected chi connectivity index (χ3v) is 4.51. The maximum absolute atomic E-state index is 12.9. The summed E-state index contributed by atoms with van der Waals surface area (Å²) in [4.78, 5) is 40.5. The molecule has 0 fully saturated rings. The van der Waals surface area contributed by atoms with Gasteiger partial charge in [-0.3, -0.25) is 9.59 Å². The second-order valence-corrected chi connectivity index (χ2v) is 8.76. The summed E-state index contributed by atoms with van der Waals surface area (Å²) in [6, 6.07) is 6.85. The predicted molar refractivity (Wildman–Crippen MR) is 110 cm³/mol. The smallest absolute Gasteiger partial charge is 0.328 e. The maximum atomic E-state index is 12.9. The molecule has 0 aliphatic carbocycles. The third kappa shape index (κ3) is 6.07. The van der Waals surface area contributed by atoms with Crippen LogP contribution in [-0.2, 0) is 30.3 Å². The van der Waals surface area contributed by atoms with Crippen LogP contribution in [0.15, 0.2) is 30.5 Å². The molecule has 1 aromatic heterocycles. The molecule has 0 saturated carbocycles. The van der Waals surface area contributed by atoms with Crippen LogP contribution in [0.4, 0.5) is 0 Å². The highest BCUT2D eigenvalue weighted by molar-refractivity contribution is 5.91. The molecule has 0 radical (unpaired) electrons. The summed E-state index contributed by atoms with van der Waals surface area (Å²) >= 11 is 0. The number of carbonyl (C=O) groups is 3. The number of amides is 1. The Labute approximate surface area is 171 Å². The summed E-state index contributed by atoms with van der Waals surface area (Å²) in [5.41, 5.74) is 0.159. The van der Waals surface area contributed by atoms with Crippen LogP contribution in [-0.4, -0.2) is 41.6 Å². The Morgan fingerprint density at radius 1 is 1.10 bits per heavy atom. The lowest BCUT2D eigenvalue weighted by molar-refractivity contribution is -0.159. The Morgan fingerprint density at radius 3 is 2.38 bits per heavy atom. The number of rotatable bonds is 7. The zero-order valence-electron chi connectivity index (χ0n) is 17.9. The highest BCUT2D eigenvalue weighted by Crippen LogP contribution is 2.24. The van der Waals surface area contributed by atoms with Crippen LogP contribution >= 0.6 is 0 Å². The highest BCUT2D eigenvalue weighted by Gasteiger charge is 2.35. The molecule has 0 spiro atoms. The van der Waals surface area contributed by atoms with Gasteiger partial charge in [-0.15, -0.1) is 0 Å². The molecule has 7 heteroatoms. The molecule has 1 aromatic carbocycles. The van der Waals surface area contributed by atoms with Crippen molar-refractivity contribution < 1.29 is 23.9 Å². The minimum absolute atomic E-state index is 0.100. The van der Waals surface area contributed by atoms with Crippen molar-refractivity contribution >= 4 is 28.7 Å². The fourth-order valence-corrected chi connectivity index (χ4v) is 3.03. The number of hydrogen-bond acceptors (Lipinski definition) is 5. The second-order valence-electron chi connectivity index (χ2n) is 8.76. The van der Waals surface area contributed by atoms with Crippen molar-refractivity contribution in [3.63, 3.8) is 0 Å². The molecule has 0 bridgehead atoms. The number of H-pyrrole nitrogens is 1. The molecular formula is C22H30N2O5. The van der Waals surface area contributed by atoms with Crippen molar-refractivity contribution in [2.45, 2.75) is 59.1 Å². The Hall–Kier alpha value is -2.83. The lowest BCUT2D eigenvalue weighted by Gasteiger charge is -2.27. The quantitative estimate of drug-likeness (QED) is 0.694. The number of aromatic nitrogens is 1. The van der Waals surface area contributed by atoms with E-state index in [1.54, 1.807) is 34.6 Å². The van der Waals surface area contributed by atoms with Crippen molar-refractivity contribution in [3.05, 3.63) is 36.0 Å². The molecule has 29 heavy (non-hydrogen) atoms. The van der Waals surface area contributed by atoms with E-state index >= 15 is 0 Å². The SMILES string of the molecule is COC(=O)[C@H](Cc1c[nH]c2ccccc12)NC(=O)C(C)(C)CC(=O)OC(C)(C)C. The fourth-order valence-electron chi connectivity index (χ4n) is 3.03. The number of methoxy groups -OCH3 is 1. The standard InChI is InChI=1S/C22H30N2O5/c1-21(2,3)29-18(25)12-22(4,5)20(27)24-17(19(26)28-6)11-14-13-23-16-10-8-7-9-15(14)16/h7-10,13,17,23H,11-12H2,1-6H3,(H,24,27)/t17-/m0/s1. The van der Waals surface area contributed by atoms with E-state index in [0.29, 0.717) is 0 Å². The maximum Gasteiger partial charge on any atom is 0.328 e. The number of ether oxygens (including phenoxy) is 2. The zero-order valence-corrected chi connectivity index (χ0v) is 17.9. The van der Waals surface area contributed by atoms with Crippen molar-refractivity contribution in [2.75, 3.05) is 7.11 Å². The number of benzene rings is 1. The summed E-state index contributed by atoms with van der Waals surface area (Å²) < 4.78 is 10.2.